The molecule has 0 aromatic heterocycles. The summed E-state index contributed by atoms with van der Waals surface area (Å²) in [6.07, 6.45) is 0. The zero-order chi connectivity index (χ0) is 13.1. The lowest BCUT2D eigenvalue weighted by Gasteiger charge is -2.06. The third-order valence-electron chi connectivity index (χ3n) is 1.86. The van der Waals surface area contributed by atoms with E-state index in [2.05, 4.69) is 21.2 Å². The van der Waals surface area contributed by atoms with Crippen molar-refractivity contribution in [2.24, 2.45) is 5.14 Å². The van der Waals surface area contributed by atoms with Crippen LogP contribution in [0, 0.1) is 10.1 Å². The molecule has 0 amide bonds. The second kappa shape index (κ2) is 5.43. The molecule has 1 aromatic rings. The second-order valence-electron chi connectivity index (χ2n) is 3.21. The van der Waals surface area contributed by atoms with Gasteiger partial charge in [0.15, 0.2) is 0 Å². The molecule has 0 aliphatic heterocycles. The van der Waals surface area contributed by atoms with Crippen LogP contribution in [0.2, 0.25) is 0 Å². The maximum atomic E-state index is 10.7. The van der Waals surface area contributed by atoms with Crippen LogP contribution in [0.15, 0.2) is 22.7 Å². The Hall–Kier alpha value is -1.19. The van der Waals surface area contributed by atoms with E-state index in [-0.39, 0.29) is 23.7 Å². The fourth-order valence-corrected chi connectivity index (χ4v) is 1.87. The molecule has 0 aliphatic carbocycles. The average Bonchev–Trinajstić information content (AvgIpc) is 2.18. The minimum absolute atomic E-state index is 0.0152. The number of nitro groups is 1. The van der Waals surface area contributed by atoms with Crippen LogP contribution in [0.3, 0.4) is 0 Å². The standard InChI is InChI=1S/C8H10BrN3O4S/c9-6-1-2-7(8(5-6)12(13)14)11-3-4-17(10,15)16/h1-2,5,11H,3-4H2,(H2,10,15,16). The Morgan fingerprint density at radius 2 is 2.12 bits per heavy atom. The predicted molar refractivity (Wildman–Crippen MR) is 67.3 cm³/mol. The molecule has 17 heavy (non-hydrogen) atoms. The molecule has 0 saturated heterocycles. The van der Waals surface area contributed by atoms with E-state index in [1.807, 2.05) is 0 Å². The number of hydrogen-bond donors (Lipinski definition) is 2. The van der Waals surface area contributed by atoms with E-state index in [0.717, 1.165) is 0 Å². The number of nitrogens with zero attached hydrogens (tertiary/aromatic N) is 1. The SMILES string of the molecule is NS(=O)(=O)CCNc1ccc(Br)cc1[N+](=O)[O-]. The largest absolute Gasteiger partial charge is 0.378 e. The van der Waals surface area contributed by atoms with Gasteiger partial charge < -0.3 is 5.32 Å². The molecule has 7 nitrogen and oxygen atoms in total. The van der Waals surface area contributed by atoms with Crippen molar-refractivity contribution in [1.29, 1.82) is 0 Å². The van der Waals surface area contributed by atoms with Crippen molar-refractivity contribution in [2.45, 2.75) is 0 Å². The molecular weight excluding hydrogens is 314 g/mol. The molecule has 9 heteroatoms. The second-order valence-corrected chi connectivity index (χ2v) is 5.86. The van der Waals surface area contributed by atoms with Crippen LogP contribution in [0.1, 0.15) is 0 Å². The fraction of sp³-hybridized carbons (Fsp3) is 0.250. The first-order chi connectivity index (χ1) is 7.79. The molecule has 0 heterocycles. The molecule has 0 unspecified atom stereocenters. The van der Waals surface area contributed by atoms with Crippen molar-refractivity contribution in [3.8, 4) is 0 Å². The number of nitrogens with two attached hydrogens (primary N) is 1. The highest BCUT2D eigenvalue weighted by molar-refractivity contribution is 9.10. The highest BCUT2D eigenvalue weighted by Gasteiger charge is 2.14. The van der Waals surface area contributed by atoms with Crippen molar-refractivity contribution < 1.29 is 13.3 Å². The lowest BCUT2D eigenvalue weighted by molar-refractivity contribution is -0.384. The first-order valence-corrected chi connectivity index (χ1v) is 6.99. The molecule has 1 aromatic carbocycles. The summed E-state index contributed by atoms with van der Waals surface area (Å²) in [6.45, 7) is 0.0152. The Morgan fingerprint density at radius 1 is 1.47 bits per heavy atom. The number of benzene rings is 1. The Morgan fingerprint density at radius 3 is 2.65 bits per heavy atom. The number of halogens is 1. The van der Waals surface area contributed by atoms with Gasteiger partial charge in [0.2, 0.25) is 10.0 Å². The van der Waals surface area contributed by atoms with Crippen LogP contribution >= 0.6 is 15.9 Å². The average molecular weight is 324 g/mol. The summed E-state index contributed by atoms with van der Waals surface area (Å²) < 4.78 is 22.0. The number of nitrogens with one attached hydrogen (secondary N) is 1. The molecule has 1 rings (SSSR count). The van der Waals surface area contributed by atoms with Gasteiger partial charge in [0.05, 0.1) is 10.7 Å². The Labute approximate surface area is 106 Å². The third kappa shape index (κ3) is 4.67. The topological polar surface area (TPSA) is 115 Å². The van der Waals surface area contributed by atoms with Gasteiger partial charge in [-0.25, -0.2) is 13.6 Å². The molecule has 0 fully saturated rings. The van der Waals surface area contributed by atoms with Gasteiger partial charge in [-0.2, -0.15) is 0 Å². The molecular formula is C8H10BrN3O4S. The minimum atomic E-state index is -3.58. The van der Waals surface area contributed by atoms with E-state index in [9.17, 15) is 18.5 Å². The molecule has 0 saturated carbocycles. The lowest BCUT2D eigenvalue weighted by Crippen LogP contribution is -2.22. The van der Waals surface area contributed by atoms with Crippen LogP contribution in [-0.4, -0.2) is 25.6 Å². The number of sulfonamides is 1. The Balaban J connectivity index is 2.81. The molecule has 0 spiro atoms. The van der Waals surface area contributed by atoms with Crippen molar-refractivity contribution in [2.75, 3.05) is 17.6 Å². The molecule has 94 valence electrons. The summed E-state index contributed by atoms with van der Waals surface area (Å²) in [6, 6.07) is 4.44. The zero-order valence-corrected chi connectivity index (χ0v) is 11.0. The number of anilines is 1. The van der Waals surface area contributed by atoms with Gasteiger partial charge in [-0.05, 0) is 12.1 Å². The number of nitro benzene ring substituents is 1. The lowest BCUT2D eigenvalue weighted by atomic mass is 10.2. The summed E-state index contributed by atoms with van der Waals surface area (Å²) >= 11 is 3.12. The normalized spacial score (nSPS) is 11.2. The first-order valence-electron chi connectivity index (χ1n) is 4.48. The van der Waals surface area contributed by atoms with Crippen LogP contribution in [0.4, 0.5) is 11.4 Å². The van der Waals surface area contributed by atoms with Gasteiger partial charge in [-0.3, -0.25) is 10.1 Å². The van der Waals surface area contributed by atoms with Gasteiger partial charge in [-0.1, -0.05) is 15.9 Å². The van der Waals surface area contributed by atoms with Crippen molar-refractivity contribution in [3.05, 3.63) is 32.8 Å². The van der Waals surface area contributed by atoms with Crippen molar-refractivity contribution >= 4 is 37.3 Å². The molecule has 3 N–H and O–H groups in total. The van der Waals surface area contributed by atoms with Crippen LogP contribution < -0.4 is 10.5 Å². The molecule has 0 atom stereocenters. The maximum Gasteiger partial charge on any atom is 0.293 e. The Bertz CT molecular complexity index is 532. The fourth-order valence-electron chi connectivity index (χ4n) is 1.13. The van der Waals surface area contributed by atoms with E-state index in [0.29, 0.717) is 4.47 Å². The summed E-state index contributed by atoms with van der Waals surface area (Å²) in [7, 11) is -3.58. The number of rotatable bonds is 5. The van der Waals surface area contributed by atoms with E-state index in [4.69, 9.17) is 5.14 Å². The third-order valence-corrected chi connectivity index (χ3v) is 3.12. The summed E-state index contributed by atoms with van der Waals surface area (Å²) in [5, 5.41) is 18.2. The number of primary sulfonamides is 1. The van der Waals surface area contributed by atoms with E-state index in [1.165, 1.54) is 12.1 Å². The number of hydrogen-bond acceptors (Lipinski definition) is 5. The zero-order valence-electron chi connectivity index (χ0n) is 8.59. The van der Waals surface area contributed by atoms with Crippen molar-refractivity contribution in [1.82, 2.24) is 0 Å². The van der Waals surface area contributed by atoms with Crippen LogP contribution in [-0.2, 0) is 10.0 Å². The van der Waals surface area contributed by atoms with Gasteiger partial charge in [0.25, 0.3) is 5.69 Å². The van der Waals surface area contributed by atoms with Crippen LogP contribution in [0.25, 0.3) is 0 Å². The van der Waals surface area contributed by atoms with Crippen LogP contribution in [0.5, 0.6) is 0 Å². The maximum absolute atomic E-state index is 10.7. The summed E-state index contributed by atoms with van der Waals surface area (Å²) in [4.78, 5) is 10.2. The highest BCUT2D eigenvalue weighted by atomic mass is 79.9. The molecule has 0 aliphatic rings. The smallest absolute Gasteiger partial charge is 0.293 e. The monoisotopic (exact) mass is 323 g/mol. The highest BCUT2D eigenvalue weighted by Crippen LogP contribution is 2.27. The minimum Gasteiger partial charge on any atom is -0.378 e. The Kier molecular flexibility index (Phi) is 4.43. The van der Waals surface area contributed by atoms with Gasteiger partial charge >= 0.3 is 0 Å². The van der Waals surface area contributed by atoms with E-state index < -0.39 is 14.9 Å². The molecule has 0 bridgehead atoms. The van der Waals surface area contributed by atoms with E-state index in [1.54, 1.807) is 6.07 Å². The summed E-state index contributed by atoms with van der Waals surface area (Å²) in [5.41, 5.74) is 0.121. The van der Waals surface area contributed by atoms with E-state index >= 15 is 0 Å². The van der Waals surface area contributed by atoms with Gasteiger partial charge in [0, 0.05) is 17.1 Å². The quantitative estimate of drug-likeness (QED) is 0.620. The predicted octanol–water partition coefficient (Wildman–Crippen LogP) is 1.06. The van der Waals surface area contributed by atoms with Gasteiger partial charge in [0.1, 0.15) is 5.69 Å². The first kappa shape index (κ1) is 13.9. The van der Waals surface area contributed by atoms with Crippen molar-refractivity contribution in [3.63, 3.8) is 0 Å². The molecule has 0 radical (unpaired) electrons. The summed E-state index contributed by atoms with van der Waals surface area (Å²) in [5.74, 6) is -0.291. The van der Waals surface area contributed by atoms with Gasteiger partial charge in [-0.15, -0.1) is 0 Å².